The molecule has 100 valence electrons. The number of hydrogen-bond acceptors (Lipinski definition) is 2. The smallest absolute Gasteiger partial charge is 0.193 e. The number of rotatable bonds is 1. The number of benzene rings is 1. The molecule has 3 nitrogen and oxygen atoms in total. The van der Waals surface area contributed by atoms with Crippen LogP contribution in [0.4, 0.5) is 4.39 Å². The van der Waals surface area contributed by atoms with Crippen molar-refractivity contribution in [3.8, 4) is 5.75 Å². The number of H-pyrrole nitrogens is 1. The maximum absolute atomic E-state index is 13.5. The quantitative estimate of drug-likeness (QED) is 0.802. The van der Waals surface area contributed by atoms with Crippen LogP contribution in [0, 0.1) is 5.82 Å². The van der Waals surface area contributed by atoms with Gasteiger partial charge in [-0.15, -0.1) is 0 Å². The lowest BCUT2D eigenvalue weighted by atomic mass is 10.0. The standard InChI is InChI=1S/C15H16FNO2/c1-19-13-8-9(16)7-11-14(13)17-12-6-4-2-3-5-10(12)15(11)18/h7-8H,2-6H2,1H3,(H,17,18). The lowest BCUT2D eigenvalue weighted by molar-refractivity contribution is 0.415. The van der Waals surface area contributed by atoms with Crippen LogP contribution in [0.25, 0.3) is 10.9 Å². The van der Waals surface area contributed by atoms with Crippen molar-refractivity contribution >= 4 is 10.9 Å². The van der Waals surface area contributed by atoms with Crippen LogP contribution in [0.5, 0.6) is 5.75 Å². The third kappa shape index (κ3) is 2.01. The molecule has 0 spiro atoms. The third-order valence-corrected chi connectivity index (χ3v) is 3.80. The topological polar surface area (TPSA) is 42.1 Å². The van der Waals surface area contributed by atoms with Crippen LogP contribution in [0.3, 0.4) is 0 Å². The Hall–Kier alpha value is -1.84. The normalized spacial score (nSPS) is 15.1. The Morgan fingerprint density at radius 2 is 2.00 bits per heavy atom. The van der Waals surface area contributed by atoms with Crippen molar-refractivity contribution in [1.29, 1.82) is 0 Å². The van der Waals surface area contributed by atoms with Crippen molar-refractivity contribution in [1.82, 2.24) is 4.98 Å². The summed E-state index contributed by atoms with van der Waals surface area (Å²) in [6, 6.07) is 2.60. The zero-order valence-corrected chi connectivity index (χ0v) is 10.9. The highest BCUT2D eigenvalue weighted by molar-refractivity contribution is 5.85. The largest absolute Gasteiger partial charge is 0.494 e. The van der Waals surface area contributed by atoms with Crippen molar-refractivity contribution in [3.63, 3.8) is 0 Å². The van der Waals surface area contributed by atoms with E-state index in [1.807, 2.05) is 0 Å². The van der Waals surface area contributed by atoms with E-state index >= 15 is 0 Å². The molecule has 19 heavy (non-hydrogen) atoms. The van der Waals surface area contributed by atoms with E-state index in [1.54, 1.807) is 0 Å². The molecule has 2 aromatic rings. The number of halogens is 1. The SMILES string of the molecule is COc1cc(F)cc2c(=O)c3c([nH]c12)CCCCC3. The van der Waals surface area contributed by atoms with E-state index in [9.17, 15) is 9.18 Å². The molecular formula is C15H16FNO2. The summed E-state index contributed by atoms with van der Waals surface area (Å²) in [5, 5.41) is 0.387. The van der Waals surface area contributed by atoms with Gasteiger partial charge in [0.2, 0.25) is 0 Å². The molecule has 1 aliphatic carbocycles. The number of aryl methyl sites for hydroxylation is 1. The van der Waals surface area contributed by atoms with Gasteiger partial charge >= 0.3 is 0 Å². The molecule has 0 unspecified atom stereocenters. The first-order valence-corrected chi connectivity index (χ1v) is 6.62. The van der Waals surface area contributed by atoms with Crippen LogP contribution in [-0.2, 0) is 12.8 Å². The molecule has 1 aromatic carbocycles. The molecule has 0 fully saturated rings. The average molecular weight is 261 g/mol. The summed E-state index contributed by atoms with van der Waals surface area (Å²) in [4.78, 5) is 15.8. The third-order valence-electron chi connectivity index (χ3n) is 3.80. The summed E-state index contributed by atoms with van der Waals surface area (Å²) in [5.74, 6) is -0.0532. The highest BCUT2D eigenvalue weighted by Gasteiger charge is 2.17. The Bertz CT molecular complexity index is 691. The highest BCUT2D eigenvalue weighted by atomic mass is 19.1. The maximum Gasteiger partial charge on any atom is 0.193 e. The molecule has 0 bridgehead atoms. The average Bonchev–Trinajstić information content (AvgIpc) is 2.64. The van der Waals surface area contributed by atoms with Crippen LogP contribution in [0.15, 0.2) is 16.9 Å². The molecule has 4 heteroatoms. The van der Waals surface area contributed by atoms with Gasteiger partial charge in [-0.25, -0.2) is 4.39 Å². The predicted molar refractivity (Wildman–Crippen MR) is 72.3 cm³/mol. The predicted octanol–water partition coefficient (Wildman–Crippen LogP) is 2.94. The molecule has 1 heterocycles. The van der Waals surface area contributed by atoms with Crippen molar-refractivity contribution in [2.75, 3.05) is 7.11 Å². The molecule has 0 saturated heterocycles. The molecule has 0 saturated carbocycles. The van der Waals surface area contributed by atoms with Gasteiger partial charge in [0.05, 0.1) is 18.0 Å². The van der Waals surface area contributed by atoms with Crippen molar-refractivity contribution in [2.24, 2.45) is 0 Å². The maximum atomic E-state index is 13.5. The van der Waals surface area contributed by atoms with Gasteiger partial charge in [-0.1, -0.05) is 6.42 Å². The second-order valence-electron chi connectivity index (χ2n) is 5.00. The number of pyridine rings is 1. The minimum atomic E-state index is -0.441. The van der Waals surface area contributed by atoms with Crippen LogP contribution in [0.2, 0.25) is 0 Å². The van der Waals surface area contributed by atoms with Crippen LogP contribution >= 0.6 is 0 Å². The highest BCUT2D eigenvalue weighted by Crippen LogP contribution is 2.26. The first-order valence-electron chi connectivity index (χ1n) is 6.62. The first-order chi connectivity index (χ1) is 9.20. The molecule has 0 atom stereocenters. The Morgan fingerprint density at radius 1 is 1.21 bits per heavy atom. The Morgan fingerprint density at radius 3 is 2.79 bits per heavy atom. The summed E-state index contributed by atoms with van der Waals surface area (Å²) in [6.07, 6.45) is 4.89. The van der Waals surface area contributed by atoms with Crippen LogP contribution < -0.4 is 10.2 Å². The Balaban J connectivity index is 2.37. The second-order valence-corrected chi connectivity index (χ2v) is 5.00. The number of aromatic nitrogens is 1. The van der Waals surface area contributed by atoms with Crippen LogP contribution in [-0.4, -0.2) is 12.1 Å². The lowest BCUT2D eigenvalue weighted by Crippen LogP contribution is -2.14. The summed E-state index contributed by atoms with van der Waals surface area (Å²) >= 11 is 0. The fourth-order valence-electron chi connectivity index (χ4n) is 2.83. The Labute approximate surface area is 110 Å². The number of aromatic amines is 1. The van der Waals surface area contributed by atoms with Gasteiger partial charge in [0.1, 0.15) is 11.6 Å². The molecule has 1 aromatic heterocycles. The number of methoxy groups -OCH3 is 1. The van der Waals surface area contributed by atoms with Gasteiger partial charge in [-0.3, -0.25) is 4.79 Å². The van der Waals surface area contributed by atoms with Gasteiger partial charge in [-0.2, -0.15) is 0 Å². The van der Waals surface area contributed by atoms with Crippen molar-refractivity contribution in [2.45, 2.75) is 32.1 Å². The van der Waals surface area contributed by atoms with E-state index in [0.717, 1.165) is 43.4 Å². The van der Waals surface area contributed by atoms with Gasteiger partial charge in [0.15, 0.2) is 5.43 Å². The molecule has 1 aliphatic rings. The van der Waals surface area contributed by atoms with E-state index in [1.165, 1.54) is 19.2 Å². The van der Waals surface area contributed by atoms with Gasteiger partial charge in [0, 0.05) is 17.3 Å². The number of fused-ring (bicyclic) bond motifs is 2. The van der Waals surface area contributed by atoms with E-state index in [0.29, 0.717) is 16.7 Å². The minimum absolute atomic E-state index is 0.0524. The van der Waals surface area contributed by atoms with Crippen molar-refractivity contribution in [3.05, 3.63) is 39.4 Å². The fraction of sp³-hybridized carbons (Fsp3) is 0.400. The molecular weight excluding hydrogens is 245 g/mol. The molecule has 1 N–H and O–H groups in total. The van der Waals surface area contributed by atoms with E-state index in [2.05, 4.69) is 4.98 Å². The molecule has 3 rings (SSSR count). The van der Waals surface area contributed by atoms with Gasteiger partial charge < -0.3 is 9.72 Å². The van der Waals surface area contributed by atoms with Gasteiger partial charge in [-0.05, 0) is 31.7 Å². The van der Waals surface area contributed by atoms with E-state index in [-0.39, 0.29) is 5.43 Å². The van der Waals surface area contributed by atoms with Crippen LogP contribution in [0.1, 0.15) is 30.5 Å². The zero-order chi connectivity index (χ0) is 13.4. The first kappa shape index (κ1) is 12.2. The summed E-state index contributed by atoms with van der Waals surface area (Å²) in [5.41, 5.74) is 2.36. The second kappa shape index (κ2) is 4.68. The van der Waals surface area contributed by atoms with E-state index in [4.69, 9.17) is 4.74 Å². The number of nitrogens with one attached hydrogen (secondary N) is 1. The molecule has 0 radical (unpaired) electrons. The minimum Gasteiger partial charge on any atom is -0.494 e. The summed E-state index contributed by atoms with van der Waals surface area (Å²) in [7, 11) is 1.48. The monoisotopic (exact) mass is 261 g/mol. The molecule has 0 amide bonds. The number of hydrogen-bond donors (Lipinski definition) is 1. The van der Waals surface area contributed by atoms with Gasteiger partial charge in [0.25, 0.3) is 0 Å². The lowest BCUT2D eigenvalue weighted by Gasteiger charge is -2.11. The fourth-order valence-corrected chi connectivity index (χ4v) is 2.83. The van der Waals surface area contributed by atoms with E-state index < -0.39 is 5.82 Å². The summed E-state index contributed by atoms with van der Waals surface area (Å²) in [6.45, 7) is 0. The molecule has 0 aliphatic heterocycles. The number of ether oxygens (including phenoxy) is 1. The Kier molecular flexibility index (Phi) is 3.01. The zero-order valence-electron chi connectivity index (χ0n) is 10.9. The van der Waals surface area contributed by atoms with Crippen molar-refractivity contribution < 1.29 is 9.13 Å². The summed E-state index contributed by atoms with van der Waals surface area (Å²) < 4.78 is 18.7.